The van der Waals surface area contributed by atoms with Crippen molar-refractivity contribution in [2.45, 2.75) is 45.3 Å². The molecule has 1 amide bonds. The maximum Gasteiger partial charge on any atom is 0.410 e. The number of hydrogen-bond acceptors (Lipinski definition) is 4. The first-order chi connectivity index (χ1) is 11.0. The highest BCUT2D eigenvalue weighted by atomic mass is 35.5. The van der Waals surface area contributed by atoms with Crippen LogP contribution in [0.5, 0.6) is 5.75 Å². The first-order valence-electron chi connectivity index (χ1n) is 7.77. The largest absolute Gasteiger partial charge is 0.496 e. The van der Waals surface area contributed by atoms with E-state index in [1.165, 1.54) is 18.1 Å². The smallest absolute Gasteiger partial charge is 0.410 e. The van der Waals surface area contributed by atoms with Crippen molar-refractivity contribution < 1.29 is 23.8 Å². The van der Waals surface area contributed by atoms with Crippen molar-refractivity contribution in [1.29, 1.82) is 0 Å². The lowest BCUT2D eigenvalue weighted by Crippen LogP contribution is -2.50. The van der Waals surface area contributed by atoms with Gasteiger partial charge in [0.25, 0.3) is 0 Å². The molecular formula is C17H23ClFNO4. The molecular weight excluding hydrogens is 337 g/mol. The molecule has 0 radical (unpaired) electrons. The molecule has 1 heterocycles. The molecule has 0 aliphatic carbocycles. The lowest BCUT2D eigenvalue weighted by Gasteiger charge is -2.40. The van der Waals surface area contributed by atoms with Gasteiger partial charge in [0.15, 0.2) is 0 Å². The van der Waals surface area contributed by atoms with E-state index in [1.54, 1.807) is 27.7 Å². The van der Waals surface area contributed by atoms with Gasteiger partial charge in [-0.2, -0.15) is 0 Å². The van der Waals surface area contributed by atoms with Crippen LogP contribution >= 0.6 is 11.6 Å². The Morgan fingerprint density at radius 2 is 2.04 bits per heavy atom. The predicted octanol–water partition coefficient (Wildman–Crippen LogP) is 3.88. The Labute approximate surface area is 146 Å². The van der Waals surface area contributed by atoms with Crippen molar-refractivity contribution >= 4 is 17.7 Å². The summed E-state index contributed by atoms with van der Waals surface area (Å²) in [5.74, 6) is -0.559. The highest BCUT2D eigenvalue weighted by Gasteiger charge is 2.39. The molecule has 7 heteroatoms. The minimum atomic E-state index is -0.848. The van der Waals surface area contributed by atoms with E-state index in [2.05, 4.69) is 0 Å². The maximum atomic E-state index is 14.5. The molecule has 1 atom stereocenters. The first-order valence-corrected chi connectivity index (χ1v) is 8.14. The number of rotatable bonds is 3. The molecule has 0 saturated carbocycles. The number of aliphatic hydroxyl groups is 1. The maximum absolute atomic E-state index is 14.5. The normalized spacial score (nSPS) is 16.6. The number of halogens is 2. The zero-order valence-corrected chi connectivity index (χ0v) is 15.3. The molecule has 0 spiro atoms. The first kappa shape index (κ1) is 18.8. The van der Waals surface area contributed by atoms with Crippen LogP contribution in [0.15, 0.2) is 6.07 Å². The van der Waals surface area contributed by atoms with Crippen molar-refractivity contribution in [2.24, 2.45) is 0 Å². The number of nitrogens with zero attached hydrogens (tertiary/aromatic N) is 1. The van der Waals surface area contributed by atoms with Crippen molar-refractivity contribution in [2.75, 3.05) is 20.2 Å². The highest BCUT2D eigenvalue weighted by molar-refractivity contribution is 6.31. The Hall–Kier alpha value is -1.53. The van der Waals surface area contributed by atoms with Crippen LogP contribution in [0.3, 0.4) is 0 Å². The number of carbonyl (C=O) groups excluding carboxylic acids is 1. The van der Waals surface area contributed by atoms with E-state index in [0.29, 0.717) is 24.2 Å². The van der Waals surface area contributed by atoms with Crippen LogP contribution in [-0.2, 0) is 4.74 Å². The number of aliphatic hydroxyl groups excluding tert-OH is 1. The summed E-state index contributed by atoms with van der Waals surface area (Å²) in [5, 5.41) is 9.80. The van der Waals surface area contributed by atoms with E-state index in [0.717, 1.165) is 0 Å². The average molecular weight is 360 g/mol. The number of benzene rings is 1. The summed E-state index contributed by atoms with van der Waals surface area (Å²) in [5.41, 5.74) is 0.135. The van der Waals surface area contributed by atoms with Crippen LogP contribution in [0.1, 0.15) is 50.8 Å². The Balaban J connectivity index is 2.24. The third-order valence-corrected chi connectivity index (χ3v) is 4.11. The van der Waals surface area contributed by atoms with Crippen LogP contribution in [0, 0.1) is 5.82 Å². The lowest BCUT2D eigenvalue weighted by atomic mass is 9.88. The Bertz CT molecular complexity index is 636. The quantitative estimate of drug-likeness (QED) is 0.889. The predicted molar refractivity (Wildman–Crippen MR) is 89.1 cm³/mol. The summed E-state index contributed by atoms with van der Waals surface area (Å²) in [6, 6.07) is 1.37. The molecule has 1 fully saturated rings. The van der Waals surface area contributed by atoms with Gasteiger partial charge >= 0.3 is 6.09 Å². The third-order valence-electron chi connectivity index (χ3n) is 3.83. The van der Waals surface area contributed by atoms with Crippen LogP contribution in [0.4, 0.5) is 9.18 Å². The van der Waals surface area contributed by atoms with Gasteiger partial charge in [-0.25, -0.2) is 9.18 Å². The second-order valence-electron chi connectivity index (χ2n) is 6.97. The molecule has 0 unspecified atom stereocenters. The minimum Gasteiger partial charge on any atom is -0.496 e. The third kappa shape index (κ3) is 3.75. The van der Waals surface area contributed by atoms with E-state index in [9.17, 15) is 14.3 Å². The molecule has 1 aliphatic rings. The summed E-state index contributed by atoms with van der Waals surface area (Å²) in [6.07, 6.45) is -1.28. The zero-order valence-electron chi connectivity index (χ0n) is 14.5. The van der Waals surface area contributed by atoms with Crippen LogP contribution in [-0.4, -0.2) is 41.9 Å². The molecule has 0 aromatic heterocycles. The van der Waals surface area contributed by atoms with Gasteiger partial charge in [0.05, 0.1) is 18.2 Å². The van der Waals surface area contributed by atoms with Crippen molar-refractivity contribution in [1.82, 2.24) is 4.90 Å². The van der Waals surface area contributed by atoms with Gasteiger partial charge in [-0.15, -0.1) is 0 Å². The Kier molecular flexibility index (Phi) is 5.30. The van der Waals surface area contributed by atoms with Gasteiger partial charge in [0, 0.05) is 30.1 Å². The molecule has 1 aromatic rings. The summed E-state index contributed by atoms with van der Waals surface area (Å²) in [4.78, 5) is 13.5. The second-order valence-corrected chi connectivity index (χ2v) is 7.37. The van der Waals surface area contributed by atoms with Gasteiger partial charge in [-0.3, -0.25) is 0 Å². The zero-order chi connectivity index (χ0) is 18.2. The van der Waals surface area contributed by atoms with Crippen LogP contribution < -0.4 is 4.74 Å². The second kappa shape index (κ2) is 6.76. The fraction of sp³-hybridized carbons (Fsp3) is 0.588. The molecule has 2 rings (SSSR count). The number of carbonyl (C=O) groups is 1. The molecule has 5 nitrogen and oxygen atoms in total. The highest BCUT2D eigenvalue weighted by Crippen LogP contribution is 2.42. The number of ether oxygens (including phenoxy) is 2. The summed E-state index contributed by atoms with van der Waals surface area (Å²) < 4.78 is 25.1. The van der Waals surface area contributed by atoms with Crippen LogP contribution in [0.25, 0.3) is 0 Å². The van der Waals surface area contributed by atoms with Crippen LogP contribution in [0.2, 0.25) is 5.02 Å². The lowest BCUT2D eigenvalue weighted by molar-refractivity contribution is 0.00765. The molecule has 1 aliphatic heterocycles. The Morgan fingerprint density at radius 3 is 2.50 bits per heavy atom. The molecule has 1 N–H and O–H groups in total. The van der Waals surface area contributed by atoms with Crippen molar-refractivity contribution in [3.8, 4) is 5.75 Å². The van der Waals surface area contributed by atoms with E-state index < -0.39 is 23.6 Å². The van der Waals surface area contributed by atoms with Gasteiger partial charge in [-0.1, -0.05) is 11.6 Å². The van der Waals surface area contributed by atoms with Gasteiger partial charge in [0.1, 0.15) is 17.2 Å². The fourth-order valence-electron chi connectivity index (χ4n) is 2.69. The monoisotopic (exact) mass is 359 g/mol. The van der Waals surface area contributed by atoms with Crippen molar-refractivity contribution in [3.05, 3.63) is 28.0 Å². The standard InChI is InChI=1S/C17H23ClFNO4/c1-9(21)11-6-12(18)14(19)13(15(11)23-5)10-7-20(8-10)16(22)24-17(2,3)4/h6,9-10,21H,7-8H2,1-5H3/t9-/m1/s1. The number of amides is 1. The Morgan fingerprint density at radius 1 is 1.46 bits per heavy atom. The molecule has 1 saturated heterocycles. The summed E-state index contributed by atoms with van der Waals surface area (Å²) >= 11 is 5.96. The molecule has 134 valence electrons. The van der Waals surface area contributed by atoms with E-state index in [4.69, 9.17) is 21.1 Å². The molecule has 1 aromatic carbocycles. The molecule has 0 bridgehead atoms. The van der Waals surface area contributed by atoms with E-state index >= 15 is 0 Å². The summed E-state index contributed by atoms with van der Waals surface area (Å²) in [7, 11) is 1.42. The van der Waals surface area contributed by atoms with E-state index in [-0.39, 0.29) is 16.7 Å². The number of hydrogen-bond donors (Lipinski definition) is 1. The van der Waals surface area contributed by atoms with Crippen molar-refractivity contribution in [3.63, 3.8) is 0 Å². The van der Waals surface area contributed by atoms with E-state index in [1.807, 2.05) is 0 Å². The average Bonchev–Trinajstić information content (AvgIpc) is 2.39. The van der Waals surface area contributed by atoms with Gasteiger partial charge in [-0.05, 0) is 33.8 Å². The molecule has 24 heavy (non-hydrogen) atoms. The minimum absolute atomic E-state index is 0.0718. The topological polar surface area (TPSA) is 59.0 Å². The number of methoxy groups -OCH3 is 1. The van der Waals surface area contributed by atoms with Gasteiger partial charge < -0.3 is 19.5 Å². The SMILES string of the molecule is COc1c([C@@H](C)O)cc(Cl)c(F)c1C1CN(C(=O)OC(C)(C)C)C1. The fourth-order valence-corrected chi connectivity index (χ4v) is 2.91. The van der Waals surface area contributed by atoms with Gasteiger partial charge in [0.2, 0.25) is 0 Å². The summed E-state index contributed by atoms with van der Waals surface area (Å²) in [6.45, 7) is 7.54. The number of likely N-dealkylation sites (tertiary alicyclic amines) is 1.